The van der Waals surface area contributed by atoms with Crippen LogP contribution in [0.4, 0.5) is 0 Å². The molecule has 1 aliphatic rings. The van der Waals surface area contributed by atoms with E-state index in [1.807, 2.05) is 0 Å². The third kappa shape index (κ3) is 2.81. The van der Waals surface area contributed by atoms with Crippen LogP contribution >= 0.6 is 0 Å². The van der Waals surface area contributed by atoms with Crippen molar-refractivity contribution in [2.45, 2.75) is 38.6 Å². The van der Waals surface area contributed by atoms with Gasteiger partial charge < -0.3 is 11.1 Å². The van der Waals surface area contributed by atoms with Gasteiger partial charge in [-0.1, -0.05) is 19.8 Å². The van der Waals surface area contributed by atoms with Gasteiger partial charge in [0.2, 0.25) is 5.91 Å². The van der Waals surface area contributed by atoms with Crippen LogP contribution in [-0.4, -0.2) is 18.5 Å². The maximum atomic E-state index is 11.0. The molecule has 2 unspecified atom stereocenters. The van der Waals surface area contributed by atoms with Crippen molar-refractivity contribution in [3.05, 3.63) is 0 Å². The maximum absolute atomic E-state index is 11.0. The first kappa shape index (κ1) is 9.52. The number of carbonyl (C=O) groups excluding carboxylic acids is 1. The van der Waals surface area contributed by atoms with Crippen LogP contribution < -0.4 is 11.1 Å². The molecular weight excluding hydrogens is 152 g/mol. The van der Waals surface area contributed by atoms with E-state index in [2.05, 4.69) is 12.2 Å². The highest BCUT2D eigenvalue weighted by Crippen LogP contribution is 2.23. The van der Waals surface area contributed by atoms with Crippen LogP contribution in [0.25, 0.3) is 0 Å². The van der Waals surface area contributed by atoms with Crippen LogP contribution in [0.2, 0.25) is 0 Å². The zero-order valence-corrected chi connectivity index (χ0v) is 7.68. The van der Waals surface area contributed by atoms with E-state index in [-0.39, 0.29) is 12.5 Å². The minimum atomic E-state index is -0.0194. The van der Waals surface area contributed by atoms with Gasteiger partial charge in [0.1, 0.15) is 0 Å². The van der Waals surface area contributed by atoms with Crippen LogP contribution in [-0.2, 0) is 4.79 Å². The van der Waals surface area contributed by atoms with Crippen molar-refractivity contribution in [1.29, 1.82) is 0 Å². The number of nitrogens with two attached hydrogens (primary N) is 1. The minimum Gasteiger partial charge on any atom is -0.352 e. The van der Waals surface area contributed by atoms with Gasteiger partial charge >= 0.3 is 0 Å². The smallest absolute Gasteiger partial charge is 0.233 e. The number of nitrogens with one attached hydrogen (secondary N) is 1. The molecule has 0 heterocycles. The molecule has 3 nitrogen and oxygen atoms in total. The van der Waals surface area contributed by atoms with Crippen molar-refractivity contribution < 1.29 is 4.79 Å². The van der Waals surface area contributed by atoms with Gasteiger partial charge in [-0.05, 0) is 18.8 Å². The molecule has 3 N–H and O–H groups in total. The average Bonchev–Trinajstić information content (AvgIpc) is 2.04. The summed E-state index contributed by atoms with van der Waals surface area (Å²) in [4.78, 5) is 11.0. The summed E-state index contributed by atoms with van der Waals surface area (Å²) in [6, 6.07) is 0.379. The van der Waals surface area contributed by atoms with Gasteiger partial charge in [-0.3, -0.25) is 4.79 Å². The number of hydrogen-bond donors (Lipinski definition) is 2. The van der Waals surface area contributed by atoms with Crippen molar-refractivity contribution in [3.8, 4) is 0 Å². The molecule has 0 aromatic rings. The molecule has 0 spiro atoms. The summed E-state index contributed by atoms with van der Waals surface area (Å²) >= 11 is 0. The Labute approximate surface area is 73.7 Å². The van der Waals surface area contributed by atoms with E-state index in [1.165, 1.54) is 12.8 Å². The van der Waals surface area contributed by atoms with E-state index in [9.17, 15) is 4.79 Å². The zero-order valence-electron chi connectivity index (χ0n) is 7.68. The van der Waals surface area contributed by atoms with Gasteiger partial charge in [-0.2, -0.15) is 0 Å². The number of carbonyl (C=O) groups is 1. The van der Waals surface area contributed by atoms with E-state index in [0.29, 0.717) is 6.04 Å². The highest BCUT2D eigenvalue weighted by Gasteiger charge is 2.19. The summed E-state index contributed by atoms with van der Waals surface area (Å²) in [5, 5.41) is 2.94. The van der Waals surface area contributed by atoms with Crippen LogP contribution in [0, 0.1) is 5.92 Å². The molecule has 0 saturated heterocycles. The van der Waals surface area contributed by atoms with Gasteiger partial charge in [0, 0.05) is 6.04 Å². The predicted molar refractivity (Wildman–Crippen MR) is 48.6 cm³/mol. The molecule has 0 aromatic heterocycles. The van der Waals surface area contributed by atoms with Crippen molar-refractivity contribution in [2.24, 2.45) is 11.7 Å². The Morgan fingerprint density at radius 3 is 2.92 bits per heavy atom. The summed E-state index contributed by atoms with van der Waals surface area (Å²) in [6.45, 7) is 2.35. The summed E-state index contributed by atoms with van der Waals surface area (Å²) in [5.41, 5.74) is 5.21. The zero-order chi connectivity index (χ0) is 8.97. The molecule has 1 amide bonds. The third-order valence-corrected chi connectivity index (χ3v) is 2.49. The van der Waals surface area contributed by atoms with Gasteiger partial charge in [-0.15, -0.1) is 0 Å². The Balaban J connectivity index is 2.27. The lowest BCUT2D eigenvalue weighted by atomic mass is 9.87. The molecule has 3 heteroatoms. The number of hydrogen-bond acceptors (Lipinski definition) is 2. The summed E-state index contributed by atoms with van der Waals surface area (Å²) in [6.07, 6.45) is 4.77. The fraction of sp³-hybridized carbons (Fsp3) is 0.889. The molecule has 0 radical (unpaired) electrons. The van der Waals surface area contributed by atoms with E-state index < -0.39 is 0 Å². The van der Waals surface area contributed by atoms with E-state index >= 15 is 0 Å². The average molecular weight is 170 g/mol. The Hall–Kier alpha value is -0.570. The lowest BCUT2D eigenvalue weighted by molar-refractivity contribution is -0.120. The first-order valence-corrected chi connectivity index (χ1v) is 4.71. The van der Waals surface area contributed by atoms with Gasteiger partial charge in [0.15, 0.2) is 0 Å². The van der Waals surface area contributed by atoms with E-state index in [1.54, 1.807) is 0 Å². The Bertz CT molecular complexity index is 159. The number of rotatable bonds is 2. The monoisotopic (exact) mass is 170 g/mol. The fourth-order valence-electron chi connectivity index (χ4n) is 1.85. The fourth-order valence-corrected chi connectivity index (χ4v) is 1.85. The summed E-state index contributed by atoms with van der Waals surface area (Å²) in [7, 11) is 0. The Kier molecular flexibility index (Phi) is 3.53. The van der Waals surface area contributed by atoms with Crippen molar-refractivity contribution in [2.75, 3.05) is 6.54 Å². The van der Waals surface area contributed by atoms with Crippen molar-refractivity contribution >= 4 is 5.91 Å². The highest BCUT2D eigenvalue weighted by molar-refractivity contribution is 5.78. The van der Waals surface area contributed by atoms with Crippen molar-refractivity contribution in [3.63, 3.8) is 0 Å². The molecule has 1 aliphatic carbocycles. The molecule has 12 heavy (non-hydrogen) atoms. The molecule has 1 rings (SSSR count). The SMILES string of the molecule is CC1CCCC(NC(=O)CN)C1. The quantitative estimate of drug-likeness (QED) is 0.639. The maximum Gasteiger partial charge on any atom is 0.233 e. The van der Waals surface area contributed by atoms with E-state index in [4.69, 9.17) is 5.73 Å². The van der Waals surface area contributed by atoms with Crippen LogP contribution in [0.1, 0.15) is 32.6 Å². The lowest BCUT2D eigenvalue weighted by Gasteiger charge is -2.27. The first-order valence-electron chi connectivity index (χ1n) is 4.71. The topological polar surface area (TPSA) is 55.1 Å². The van der Waals surface area contributed by atoms with Crippen LogP contribution in [0.15, 0.2) is 0 Å². The largest absolute Gasteiger partial charge is 0.352 e. The standard InChI is InChI=1S/C9H18N2O/c1-7-3-2-4-8(5-7)11-9(12)6-10/h7-8H,2-6,10H2,1H3,(H,11,12). The molecule has 1 fully saturated rings. The molecule has 0 aliphatic heterocycles. The third-order valence-electron chi connectivity index (χ3n) is 2.49. The molecule has 0 aromatic carbocycles. The molecule has 2 atom stereocenters. The van der Waals surface area contributed by atoms with Gasteiger partial charge in [0.05, 0.1) is 6.54 Å². The Morgan fingerprint density at radius 2 is 2.33 bits per heavy atom. The summed E-state index contributed by atoms with van der Waals surface area (Å²) < 4.78 is 0. The van der Waals surface area contributed by atoms with E-state index in [0.717, 1.165) is 18.8 Å². The summed E-state index contributed by atoms with van der Waals surface area (Å²) in [5.74, 6) is 0.732. The predicted octanol–water partition coefficient (Wildman–Crippen LogP) is 0.640. The second-order valence-corrected chi connectivity index (χ2v) is 3.74. The van der Waals surface area contributed by atoms with Crippen LogP contribution in [0.5, 0.6) is 0 Å². The van der Waals surface area contributed by atoms with Gasteiger partial charge in [-0.25, -0.2) is 0 Å². The molecular formula is C9H18N2O. The van der Waals surface area contributed by atoms with Gasteiger partial charge in [0.25, 0.3) is 0 Å². The Morgan fingerprint density at radius 1 is 1.58 bits per heavy atom. The second kappa shape index (κ2) is 4.45. The molecule has 70 valence electrons. The van der Waals surface area contributed by atoms with Crippen molar-refractivity contribution in [1.82, 2.24) is 5.32 Å². The normalized spacial score (nSPS) is 29.8. The second-order valence-electron chi connectivity index (χ2n) is 3.74. The first-order chi connectivity index (χ1) is 5.72. The molecule has 0 bridgehead atoms. The minimum absolute atomic E-state index is 0.0194. The lowest BCUT2D eigenvalue weighted by Crippen LogP contribution is -2.41. The van der Waals surface area contributed by atoms with Crippen LogP contribution in [0.3, 0.4) is 0 Å². The highest BCUT2D eigenvalue weighted by atomic mass is 16.1. The number of amides is 1. The molecule has 1 saturated carbocycles.